The number of aromatic nitrogens is 2. The molecule has 17 heavy (non-hydrogen) atoms. The van der Waals surface area contributed by atoms with Crippen molar-refractivity contribution in [1.29, 1.82) is 0 Å². The molecular weight excluding hydrogens is 218 g/mol. The highest BCUT2D eigenvalue weighted by Gasteiger charge is 2.18. The van der Waals surface area contributed by atoms with Crippen molar-refractivity contribution in [3.05, 3.63) is 18.1 Å². The van der Waals surface area contributed by atoms with Crippen molar-refractivity contribution in [2.24, 2.45) is 0 Å². The second kappa shape index (κ2) is 5.12. The lowest BCUT2D eigenvalue weighted by Crippen LogP contribution is -2.29. The zero-order valence-electron chi connectivity index (χ0n) is 10.7. The molecule has 0 amide bonds. The van der Waals surface area contributed by atoms with E-state index in [2.05, 4.69) is 15.3 Å². The molecule has 2 N–H and O–H groups in total. The summed E-state index contributed by atoms with van der Waals surface area (Å²) in [6.45, 7) is 7.96. The first-order chi connectivity index (χ1) is 7.84. The summed E-state index contributed by atoms with van der Waals surface area (Å²) < 4.78 is 0. The Morgan fingerprint density at radius 2 is 2.12 bits per heavy atom. The molecule has 94 valence electrons. The number of carboxylic acids is 1. The highest BCUT2D eigenvalue weighted by molar-refractivity contribution is 5.76. The standard InChI is InChI=1S/C12H19N3O2/c1-5-8(11(16)17)15-10-6-9(12(2,3)4)13-7-14-10/h6-8H,5H2,1-4H3,(H,16,17)(H,13,14,15). The van der Waals surface area contributed by atoms with Crippen LogP contribution >= 0.6 is 0 Å². The van der Waals surface area contributed by atoms with Crippen LogP contribution in [0.15, 0.2) is 12.4 Å². The fourth-order valence-electron chi connectivity index (χ4n) is 1.36. The third kappa shape index (κ3) is 3.69. The van der Waals surface area contributed by atoms with Gasteiger partial charge >= 0.3 is 5.97 Å². The minimum absolute atomic E-state index is 0.0791. The van der Waals surface area contributed by atoms with Crippen LogP contribution in [0.1, 0.15) is 39.8 Å². The predicted molar refractivity (Wildman–Crippen MR) is 66.1 cm³/mol. The second-order valence-electron chi connectivity index (χ2n) is 4.98. The van der Waals surface area contributed by atoms with Crippen molar-refractivity contribution in [2.45, 2.75) is 45.6 Å². The molecule has 5 nitrogen and oxygen atoms in total. The number of carbonyl (C=O) groups is 1. The minimum atomic E-state index is -0.872. The van der Waals surface area contributed by atoms with Gasteiger partial charge in [0.2, 0.25) is 0 Å². The van der Waals surface area contributed by atoms with Crippen LogP contribution < -0.4 is 5.32 Å². The molecule has 0 spiro atoms. The van der Waals surface area contributed by atoms with E-state index in [1.165, 1.54) is 6.33 Å². The molecule has 0 aromatic carbocycles. The number of rotatable bonds is 4. The Labute approximate surface area is 101 Å². The van der Waals surface area contributed by atoms with Crippen LogP contribution in [0.4, 0.5) is 5.82 Å². The summed E-state index contributed by atoms with van der Waals surface area (Å²) in [6.07, 6.45) is 1.96. The molecular formula is C12H19N3O2. The van der Waals surface area contributed by atoms with Crippen LogP contribution in [0.5, 0.6) is 0 Å². The number of aliphatic carboxylic acids is 1. The van der Waals surface area contributed by atoms with Crippen LogP contribution in [0.3, 0.4) is 0 Å². The van der Waals surface area contributed by atoms with Gasteiger partial charge < -0.3 is 10.4 Å². The molecule has 0 aliphatic carbocycles. The van der Waals surface area contributed by atoms with Gasteiger partial charge in [0.15, 0.2) is 0 Å². The Kier molecular flexibility index (Phi) is 4.04. The quantitative estimate of drug-likeness (QED) is 0.838. The number of anilines is 1. The van der Waals surface area contributed by atoms with Crippen LogP contribution in [0.25, 0.3) is 0 Å². The lowest BCUT2D eigenvalue weighted by Gasteiger charge is -2.19. The van der Waals surface area contributed by atoms with Crippen molar-refractivity contribution < 1.29 is 9.90 Å². The fraction of sp³-hybridized carbons (Fsp3) is 0.583. The van der Waals surface area contributed by atoms with Gasteiger partial charge in [-0.15, -0.1) is 0 Å². The molecule has 1 atom stereocenters. The monoisotopic (exact) mass is 237 g/mol. The first-order valence-corrected chi connectivity index (χ1v) is 5.66. The minimum Gasteiger partial charge on any atom is -0.480 e. The lowest BCUT2D eigenvalue weighted by molar-refractivity contribution is -0.137. The highest BCUT2D eigenvalue weighted by atomic mass is 16.4. The van der Waals surface area contributed by atoms with Gasteiger partial charge in [-0.3, -0.25) is 0 Å². The van der Waals surface area contributed by atoms with E-state index >= 15 is 0 Å². The zero-order chi connectivity index (χ0) is 13.1. The average molecular weight is 237 g/mol. The van der Waals surface area contributed by atoms with E-state index < -0.39 is 12.0 Å². The van der Waals surface area contributed by atoms with Crippen LogP contribution in [-0.4, -0.2) is 27.1 Å². The van der Waals surface area contributed by atoms with Crippen molar-refractivity contribution >= 4 is 11.8 Å². The molecule has 0 saturated carbocycles. The van der Waals surface area contributed by atoms with E-state index in [0.717, 1.165) is 5.69 Å². The number of nitrogens with zero attached hydrogens (tertiary/aromatic N) is 2. The summed E-state index contributed by atoms with van der Waals surface area (Å²) in [5.74, 6) is -0.317. The van der Waals surface area contributed by atoms with E-state index in [0.29, 0.717) is 12.2 Å². The Bertz CT molecular complexity index is 399. The first kappa shape index (κ1) is 13.4. The fourth-order valence-corrected chi connectivity index (χ4v) is 1.36. The summed E-state index contributed by atoms with van der Waals surface area (Å²) >= 11 is 0. The second-order valence-corrected chi connectivity index (χ2v) is 4.98. The third-order valence-electron chi connectivity index (χ3n) is 2.46. The van der Waals surface area contributed by atoms with E-state index in [-0.39, 0.29) is 5.41 Å². The van der Waals surface area contributed by atoms with E-state index in [4.69, 9.17) is 5.11 Å². The molecule has 1 heterocycles. The summed E-state index contributed by atoms with van der Waals surface area (Å²) in [4.78, 5) is 19.1. The first-order valence-electron chi connectivity index (χ1n) is 5.66. The van der Waals surface area contributed by atoms with Crippen LogP contribution in [-0.2, 0) is 10.2 Å². The lowest BCUT2D eigenvalue weighted by atomic mass is 9.92. The van der Waals surface area contributed by atoms with Gasteiger partial charge in [-0.2, -0.15) is 0 Å². The Morgan fingerprint density at radius 3 is 2.59 bits per heavy atom. The maximum absolute atomic E-state index is 10.9. The van der Waals surface area contributed by atoms with E-state index in [1.807, 2.05) is 27.7 Å². The van der Waals surface area contributed by atoms with Crippen LogP contribution in [0.2, 0.25) is 0 Å². The van der Waals surface area contributed by atoms with Gasteiger partial charge in [-0.25, -0.2) is 14.8 Å². The summed E-state index contributed by atoms with van der Waals surface area (Å²) in [5.41, 5.74) is 0.805. The molecule has 1 aromatic heterocycles. The molecule has 5 heteroatoms. The Morgan fingerprint density at radius 1 is 1.47 bits per heavy atom. The topological polar surface area (TPSA) is 75.1 Å². The molecule has 0 saturated heterocycles. The smallest absolute Gasteiger partial charge is 0.326 e. The highest BCUT2D eigenvalue weighted by Crippen LogP contribution is 2.21. The maximum atomic E-state index is 10.9. The zero-order valence-corrected chi connectivity index (χ0v) is 10.7. The number of nitrogens with one attached hydrogen (secondary N) is 1. The third-order valence-corrected chi connectivity index (χ3v) is 2.46. The normalized spacial score (nSPS) is 13.2. The molecule has 1 rings (SSSR count). The van der Waals surface area contributed by atoms with E-state index in [1.54, 1.807) is 6.07 Å². The van der Waals surface area contributed by atoms with Crippen molar-refractivity contribution in [3.8, 4) is 0 Å². The van der Waals surface area contributed by atoms with Gasteiger partial charge in [-0.05, 0) is 6.42 Å². The molecule has 0 radical (unpaired) electrons. The van der Waals surface area contributed by atoms with Gasteiger partial charge in [0.1, 0.15) is 18.2 Å². The molecule has 0 aliphatic rings. The summed E-state index contributed by atoms with van der Waals surface area (Å²) in [6, 6.07) is 1.18. The number of hydrogen-bond donors (Lipinski definition) is 2. The van der Waals surface area contributed by atoms with Gasteiger partial charge in [0.05, 0.1) is 5.69 Å². The molecule has 0 fully saturated rings. The van der Waals surface area contributed by atoms with Gasteiger partial charge in [0.25, 0.3) is 0 Å². The number of carboxylic acid groups (broad SMARTS) is 1. The SMILES string of the molecule is CCC(Nc1cc(C(C)(C)C)ncn1)C(=O)O. The molecule has 0 bridgehead atoms. The average Bonchev–Trinajstić information content (AvgIpc) is 2.24. The Hall–Kier alpha value is -1.65. The Balaban J connectivity index is 2.89. The van der Waals surface area contributed by atoms with Gasteiger partial charge in [0, 0.05) is 11.5 Å². The van der Waals surface area contributed by atoms with Crippen molar-refractivity contribution in [3.63, 3.8) is 0 Å². The molecule has 0 aliphatic heterocycles. The predicted octanol–water partition coefficient (Wildman–Crippen LogP) is 2.05. The van der Waals surface area contributed by atoms with Crippen LogP contribution in [0, 0.1) is 0 Å². The summed E-state index contributed by atoms with van der Waals surface area (Å²) in [7, 11) is 0. The number of hydrogen-bond acceptors (Lipinski definition) is 4. The molecule has 1 aromatic rings. The van der Waals surface area contributed by atoms with Crippen molar-refractivity contribution in [1.82, 2.24) is 9.97 Å². The largest absolute Gasteiger partial charge is 0.480 e. The van der Waals surface area contributed by atoms with Gasteiger partial charge in [-0.1, -0.05) is 27.7 Å². The summed E-state index contributed by atoms with van der Waals surface area (Å²) in [5, 5.41) is 11.8. The maximum Gasteiger partial charge on any atom is 0.326 e. The van der Waals surface area contributed by atoms with Crippen molar-refractivity contribution in [2.75, 3.05) is 5.32 Å². The van der Waals surface area contributed by atoms with E-state index in [9.17, 15) is 4.79 Å². The molecule has 1 unspecified atom stereocenters.